The number of rotatable bonds is 3. The summed E-state index contributed by atoms with van der Waals surface area (Å²) in [5.41, 5.74) is 3.93. The van der Waals surface area contributed by atoms with Gasteiger partial charge in [0, 0.05) is 25.5 Å². The SMILES string of the molecule is CN(C)c1ccc(-n2c(CCl)nc3c(Cl)cccc32)cc1. The lowest BCUT2D eigenvalue weighted by Gasteiger charge is -2.14. The maximum atomic E-state index is 6.23. The van der Waals surface area contributed by atoms with Gasteiger partial charge < -0.3 is 4.90 Å². The van der Waals surface area contributed by atoms with Crippen LogP contribution in [-0.4, -0.2) is 23.6 Å². The first-order chi connectivity index (χ1) is 10.1. The molecule has 0 bridgehead atoms. The van der Waals surface area contributed by atoms with Crippen molar-refractivity contribution in [3.8, 4) is 5.69 Å². The number of aromatic nitrogens is 2. The largest absolute Gasteiger partial charge is 0.378 e. The van der Waals surface area contributed by atoms with Crippen LogP contribution in [0.25, 0.3) is 16.7 Å². The van der Waals surface area contributed by atoms with Crippen LogP contribution in [0.3, 0.4) is 0 Å². The van der Waals surface area contributed by atoms with Gasteiger partial charge in [-0.25, -0.2) is 4.98 Å². The normalized spacial score (nSPS) is 11.0. The van der Waals surface area contributed by atoms with Gasteiger partial charge in [0.2, 0.25) is 0 Å². The number of anilines is 1. The molecule has 0 saturated heterocycles. The highest BCUT2D eigenvalue weighted by Gasteiger charge is 2.13. The Balaban J connectivity index is 2.21. The number of hydrogen-bond donors (Lipinski definition) is 0. The maximum Gasteiger partial charge on any atom is 0.129 e. The Labute approximate surface area is 133 Å². The number of para-hydroxylation sites is 1. The van der Waals surface area contributed by atoms with E-state index in [2.05, 4.69) is 34.1 Å². The number of halogens is 2. The fourth-order valence-corrected chi connectivity index (χ4v) is 2.78. The van der Waals surface area contributed by atoms with Crippen LogP contribution in [0.5, 0.6) is 0 Å². The van der Waals surface area contributed by atoms with Gasteiger partial charge in [0.1, 0.15) is 11.3 Å². The zero-order valence-electron chi connectivity index (χ0n) is 11.8. The molecule has 1 heterocycles. The molecule has 2 aromatic carbocycles. The summed E-state index contributed by atoms with van der Waals surface area (Å²) >= 11 is 12.3. The summed E-state index contributed by atoms with van der Waals surface area (Å²) in [5, 5.41) is 0.641. The molecule has 0 aliphatic heterocycles. The van der Waals surface area contributed by atoms with Gasteiger partial charge in [0.25, 0.3) is 0 Å². The lowest BCUT2D eigenvalue weighted by Crippen LogP contribution is -2.08. The Morgan fingerprint density at radius 3 is 2.43 bits per heavy atom. The van der Waals surface area contributed by atoms with Crippen molar-refractivity contribution in [2.75, 3.05) is 19.0 Å². The number of alkyl halides is 1. The van der Waals surface area contributed by atoms with E-state index in [1.165, 1.54) is 0 Å². The van der Waals surface area contributed by atoms with Gasteiger partial charge in [-0.2, -0.15) is 0 Å². The summed E-state index contributed by atoms with van der Waals surface area (Å²) in [6.45, 7) is 0. The fourth-order valence-electron chi connectivity index (χ4n) is 2.39. The van der Waals surface area contributed by atoms with E-state index in [4.69, 9.17) is 23.2 Å². The minimum Gasteiger partial charge on any atom is -0.378 e. The van der Waals surface area contributed by atoms with Gasteiger partial charge >= 0.3 is 0 Å². The Hall–Kier alpha value is -1.71. The molecule has 0 radical (unpaired) electrons. The highest BCUT2D eigenvalue weighted by atomic mass is 35.5. The summed E-state index contributed by atoms with van der Waals surface area (Å²) < 4.78 is 2.05. The topological polar surface area (TPSA) is 21.1 Å². The third kappa shape index (κ3) is 2.47. The smallest absolute Gasteiger partial charge is 0.129 e. The maximum absolute atomic E-state index is 6.23. The molecule has 3 rings (SSSR count). The van der Waals surface area contributed by atoms with Crippen molar-refractivity contribution >= 4 is 39.9 Å². The van der Waals surface area contributed by atoms with E-state index in [0.29, 0.717) is 10.9 Å². The van der Waals surface area contributed by atoms with Crippen molar-refractivity contribution in [2.24, 2.45) is 0 Å². The number of benzene rings is 2. The van der Waals surface area contributed by atoms with Gasteiger partial charge in [-0.3, -0.25) is 4.57 Å². The van der Waals surface area contributed by atoms with Crippen molar-refractivity contribution in [1.29, 1.82) is 0 Å². The van der Waals surface area contributed by atoms with Gasteiger partial charge in [-0.05, 0) is 36.4 Å². The molecule has 3 aromatic rings. The second-order valence-corrected chi connectivity index (χ2v) is 5.69. The second kappa shape index (κ2) is 5.58. The number of nitrogens with zero attached hydrogens (tertiary/aromatic N) is 3. The summed E-state index contributed by atoms with van der Waals surface area (Å²) in [7, 11) is 4.04. The molecule has 21 heavy (non-hydrogen) atoms. The van der Waals surface area contributed by atoms with E-state index in [1.54, 1.807) is 0 Å². The van der Waals surface area contributed by atoms with Crippen molar-refractivity contribution in [3.05, 3.63) is 53.3 Å². The van der Waals surface area contributed by atoms with Gasteiger partial charge in [0.05, 0.1) is 16.4 Å². The Morgan fingerprint density at radius 1 is 1.10 bits per heavy atom. The number of imidazole rings is 1. The van der Waals surface area contributed by atoms with E-state index < -0.39 is 0 Å². The number of hydrogen-bond acceptors (Lipinski definition) is 2. The fraction of sp³-hybridized carbons (Fsp3) is 0.188. The monoisotopic (exact) mass is 319 g/mol. The second-order valence-electron chi connectivity index (χ2n) is 5.02. The van der Waals surface area contributed by atoms with E-state index >= 15 is 0 Å². The molecule has 0 spiro atoms. The van der Waals surface area contributed by atoms with Crippen LogP contribution in [0.4, 0.5) is 5.69 Å². The third-order valence-electron chi connectivity index (χ3n) is 3.45. The van der Waals surface area contributed by atoms with E-state index in [1.807, 2.05) is 36.9 Å². The third-order valence-corrected chi connectivity index (χ3v) is 3.99. The lowest BCUT2D eigenvalue weighted by atomic mass is 10.2. The molecular weight excluding hydrogens is 305 g/mol. The average molecular weight is 320 g/mol. The predicted octanol–water partition coefficient (Wildman–Crippen LogP) is 4.48. The molecule has 1 aromatic heterocycles. The Kier molecular flexibility index (Phi) is 3.79. The van der Waals surface area contributed by atoms with Crippen LogP contribution in [-0.2, 0) is 5.88 Å². The minimum atomic E-state index is 0.334. The predicted molar refractivity (Wildman–Crippen MR) is 90.0 cm³/mol. The first kappa shape index (κ1) is 14.2. The molecule has 0 N–H and O–H groups in total. The summed E-state index contributed by atoms with van der Waals surface area (Å²) in [4.78, 5) is 6.62. The zero-order chi connectivity index (χ0) is 15.0. The van der Waals surface area contributed by atoms with Crippen LogP contribution >= 0.6 is 23.2 Å². The summed E-state index contributed by atoms with van der Waals surface area (Å²) in [6, 6.07) is 14.0. The molecule has 5 heteroatoms. The van der Waals surface area contributed by atoms with Crippen LogP contribution in [0.15, 0.2) is 42.5 Å². The first-order valence-corrected chi connectivity index (χ1v) is 7.52. The molecule has 0 unspecified atom stereocenters. The summed E-state index contributed by atoms with van der Waals surface area (Å²) in [6.07, 6.45) is 0. The van der Waals surface area contributed by atoms with Gasteiger partial charge in [0.15, 0.2) is 0 Å². The molecule has 0 atom stereocenters. The lowest BCUT2D eigenvalue weighted by molar-refractivity contribution is 0.980. The minimum absolute atomic E-state index is 0.334. The Bertz CT molecular complexity index is 776. The molecule has 0 amide bonds. The van der Waals surface area contributed by atoms with Crippen molar-refractivity contribution in [3.63, 3.8) is 0 Å². The molecule has 0 aliphatic rings. The molecule has 0 fully saturated rings. The van der Waals surface area contributed by atoms with E-state index in [9.17, 15) is 0 Å². The van der Waals surface area contributed by atoms with Crippen LogP contribution in [0.2, 0.25) is 5.02 Å². The molecular formula is C16H15Cl2N3. The van der Waals surface area contributed by atoms with Crippen molar-refractivity contribution in [1.82, 2.24) is 9.55 Å². The standard InChI is InChI=1S/C16H15Cl2N3/c1-20(2)11-6-8-12(9-7-11)21-14-5-3-4-13(18)16(14)19-15(21)10-17/h3-9H,10H2,1-2H3. The van der Waals surface area contributed by atoms with Crippen molar-refractivity contribution < 1.29 is 0 Å². The van der Waals surface area contributed by atoms with Crippen LogP contribution in [0.1, 0.15) is 5.82 Å². The Morgan fingerprint density at radius 2 is 1.81 bits per heavy atom. The highest BCUT2D eigenvalue weighted by molar-refractivity contribution is 6.35. The number of fused-ring (bicyclic) bond motifs is 1. The average Bonchev–Trinajstić information content (AvgIpc) is 2.87. The van der Waals surface area contributed by atoms with Crippen LogP contribution in [0, 0.1) is 0 Å². The molecule has 0 saturated carbocycles. The summed E-state index contributed by atoms with van der Waals surface area (Å²) in [5.74, 6) is 1.12. The molecule has 3 nitrogen and oxygen atoms in total. The quantitative estimate of drug-likeness (QED) is 0.663. The van der Waals surface area contributed by atoms with Crippen LogP contribution < -0.4 is 4.90 Å². The molecule has 0 aliphatic carbocycles. The zero-order valence-corrected chi connectivity index (χ0v) is 13.4. The van der Waals surface area contributed by atoms with E-state index in [0.717, 1.165) is 28.2 Å². The van der Waals surface area contributed by atoms with Gasteiger partial charge in [-0.1, -0.05) is 17.7 Å². The van der Waals surface area contributed by atoms with E-state index in [-0.39, 0.29) is 0 Å². The first-order valence-electron chi connectivity index (χ1n) is 6.61. The van der Waals surface area contributed by atoms with Crippen molar-refractivity contribution in [2.45, 2.75) is 5.88 Å². The van der Waals surface area contributed by atoms with Gasteiger partial charge in [-0.15, -0.1) is 11.6 Å². The highest BCUT2D eigenvalue weighted by Crippen LogP contribution is 2.28. The molecule has 108 valence electrons.